The summed E-state index contributed by atoms with van der Waals surface area (Å²) in [5, 5.41) is 18.2. The first-order chi connectivity index (χ1) is 15.1. The van der Waals surface area contributed by atoms with Gasteiger partial charge in [0.15, 0.2) is 5.82 Å². The first-order valence-corrected chi connectivity index (χ1v) is 10.7. The molecule has 31 heavy (non-hydrogen) atoms. The fourth-order valence-electron chi connectivity index (χ4n) is 3.07. The van der Waals surface area contributed by atoms with Crippen LogP contribution >= 0.6 is 11.8 Å². The monoisotopic (exact) mass is 435 g/mol. The molecule has 2 aromatic heterocycles. The molecule has 0 aliphatic carbocycles. The Morgan fingerprint density at radius 3 is 2.61 bits per heavy atom. The number of esters is 1. The number of fused-ring (bicyclic) bond motifs is 1. The van der Waals surface area contributed by atoms with Crippen molar-refractivity contribution in [2.45, 2.75) is 18.5 Å². The number of imidazole rings is 1. The van der Waals surface area contributed by atoms with E-state index in [1.165, 1.54) is 24.4 Å². The number of methoxy groups -OCH3 is 1. The first kappa shape index (κ1) is 20.7. The van der Waals surface area contributed by atoms with Crippen LogP contribution in [0.4, 0.5) is 0 Å². The Bertz CT molecular complexity index is 1210. The van der Waals surface area contributed by atoms with Gasteiger partial charge in [-0.25, -0.2) is 14.8 Å². The lowest BCUT2D eigenvalue weighted by Crippen LogP contribution is -2.09. The average molecular weight is 436 g/mol. The molecule has 0 saturated heterocycles. The summed E-state index contributed by atoms with van der Waals surface area (Å²) >= 11 is 1.20. The number of carbonyl (C=O) groups excluding carboxylic acids is 1. The van der Waals surface area contributed by atoms with Crippen molar-refractivity contribution in [2.75, 3.05) is 12.9 Å². The highest BCUT2D eigenvalue weighted by atomic mass is 32.2. The fourth-order valence-corrected chi connectivity index (χ4v) is 3.74. The number of hydrogen-bond acceptors (Lipinski definition) is 7. The van der Waals surface area contributed by atoms with Gasteiger partial charge in [0.05, 0.1) is 23.9 Å². The number of aromatic amines is 2. The second-order valence-corrected chi connectivity index (χ2v) is 7.66. The third-order valence-corrected chi connectivity index (χ3v) is 5.60. The van der Waals surface area contributed by atoms with E-state index in [9.17, 15) is 9.90 Å². The van der Waals surface area contributed by atoms with Crippen LogP contribution in [0.3, 0.4) is 0 Å². The molecule has 4 aromatic rings. The summed E-state index contributed by atoms with van der Waals surface area (Å²) in [6, 6.07) is 15.4. The van der Waals surface area contributed by atoms with Crippen LogP contribution in [0.5, 0.6) is 0 Å². The lowest BCUT2D eigenvalue weighted by atomic mass is 10.1. The van der Waals surface area contributed by atoms with Gasteiger partial charge in [-0.1, -0.05) is 55.1 Å². The number of benzene rings is 2. The van der Waals surface area contributed by atoms with E-state index in [0.717, 1.165) is 17.5 Å². The van der Waals surface area contributed by atoms with Crippen LogP contribution in [0.2, 0.25) is 0 Å². The van der Waals surface area contributed by atoms with E-state index >= 15 is 0 Å². The van der Waals surface area contributed by atoms with E-state index in [2.05, 4.69) is 44.2 Å². The largest absolute Gasteiger partial charge is 0.510 e. The molecule has 0 bridgehead atoms. The van der Waals surface area contributed by atoms with Crippen molar-refractivity contribution in [1.29, 1.82) is 0 Å². The number of nitrogens with zero attached hydrogens (tertiary/aromatic N) is 3. The van der Waals surface area contributed by atoms with E-state index in [4.69, 9.17) is 4.74 Å². The summed E-state index contributed by atoms with van der Waals surface area (Å²) in [6.07, 6.45) is 0.969. The number of aromatic nitrogens is 5. The van der Waals surface area contributed by atoms with Crippen molar-refractivity contribution >= 4 is 34.3 Å². The minimum Gasteiger partial charge on any atom is -0.510 e. The highest BCUT2D eigenvalue weighted by Gasteiger charge is 2.22. The first-order valence-electron chi connectivity index (χ1n) is 9.69. The second kappa shape index (κ2) is 9.05. The molecule has 9 heteroatoms. The van der Waals surface area contributed by atoms with Crippen LogP contribution < -0.4 is 0 Å². The maximum absolute atomic E-state index is 12.3. The smallest absolute Gasteiger partial charge is 0.345 e. The third-order valence-electron chi connectivity index (χ3n) is 4.74. The molecule has 8 nitrogen and oxygen atoms in total. The molecule has 3 N–H and O–H groups in total. The second-order valence-electron chi connectivity index (χ2n) is 6.72. The molecule has 2 heterocycles. The normalized spacial score (nSPS) is 12.1. The molecule has 0 amide bonds. The molecule has 0 fully saturated rings. The Morgan fingerprint density at radius 2 is 1.90 bits per heavy atom. The van der Waals surface area contributed by atoms with Crippen LogP contribution in [0, 0.1) is 0 Å². The minimum absolute atomic E-state index is 0.0166. The number of para-hydroxylation sites is 2. The summed E-state index contributed by atoms with van der Waals surface area (Å²) in [5.41, 5.74) is 3.60. The molecule has 158 valence electrons. The number of carbonyl (C=O) groups is 1. The summed E-state index contributed by atoms with van der Waals surface area (Å²) in [7, 11) is 1.26. The highest BCUT2D eigenvalue weighted by molar-refractivity contribution is 7.99. The number of thioether (sulfide) groups is 1. The number of ether oxygens (including phenoxy) is 1. The van der Waals surface area contributed by atoms with E-state index in [0.29, 0.717) is 16.5 Å². The quantitative estimate of drug-likeness (QED) is 0.173. The number of rotatable bonds is 7. The minimum atomic E-state index is -0.677. The predicted molar refractivity (Wildman–Crippen MR) is 120 cm³/mol. The van der Waals surface area contributed by atoms with Gasteiger partial charge in [0.25, 0.3) is 0 Å². The van der Waals surface area contributed by atoms with Gasteiger partial charge in [0.1, 0.15) is 17.2 Å². The summed E-state index contributed by atoms with van der Waals surface area (Å²) < 4.78 is 4.85. The van der Waals surface area contributed by atoms with Gasteiger partial charge in [-0.3, -0.25) is 5.10 Å². The van der Waals surface area contributed by atoms with Crippen molar-refractivity contribution in [3.05, 3.63) is 65.7 Å². The topological polar surface area (TPSA) is 117 Å². The third kappa shape index (κ3) is 4.46. The average Bonchev–Trinajstić information content (AvgIpc) is 3.44. The number of aliphatic hydroxyl groups is 1. The van der Waals surface area contributed by atoms with Crippen LogP contribution in [-0.4, -0.2) is 49.1 Å². The lowest BCUT2D eigenvalue weighted by molar-refractivity contribution is -0.133. The Morgan fingerprint density at radius 1 is 1.13 bits per heavy atom. The Kier molecular flexibility index (Phi) is 6.03. The molecule has 0 aliphatic heterocycles. The van der Waals surface area contributed by atoms with Gasteiger partial charge in [-0.05, 0) is 24.1 Å². The molecule has 0 atom stereocenters. The van der Waals surface area contributed by atoms with E-state index in [1.54, 1.807) is 0 Å². The van der Waals surface area contributed by atoms with Crippen LogP contribution in [-0.2, 0) is 16.0 Å². The number of aryl methyl sites for hydroxylation is 1. The van der Waals surface area contributed by atoms with Gasteiger partial charge in [0, 0.05) is 5.56 Å². The van der Waals surface area contributed by atoms with Crippen LogP contribution in [0.25, 0.3) is 28.0 Å². The number of aliphatic hydroxyl groups excluding tert-OH is 1. The van der Waals surface area contributed by atoms with E-state index < -0.39 is 5.97 Å². The van der Waals surface area contributed by atoms with Gasteiger partial charge < -0.3 is 14.8 Å². The molecule has 0 saturated carbocycles. The summed E-state index contributed by atoms with van der Waals surface area (Å²) in [5.74, 6) is 0.114. The number of H-pyrrole nitrogens is 2. The summed E-state index contributed by atoms with van der Waals surface area (Å²) in [6.45, 7) is 2.10. The maximum atomic E-state index is 12.3. The standard InChI is InChI=1S/C22H21N5O3S/c1-3-13-8-10-14(11-9-13)19-25-22(27-26-19)31-12-17(28)18(21(29)30-2)20-23-15-6-4-5-7-16(15)24-20/h4-11,28H,3,12H2,1-2H3,(H,23,24)(H,25,26,27)/b18-17+. The number of hydrogen-bond donors (Lipinski definition) is 3. The van der Waals surface area contributed by atoms with Gasteiger partial charge in [-0.15, -0.1) is 5.10 Å². The van der Waals surface area contributed by atoms with Gasteiger partial charge in [-0.2, -0.15) is 0 Å². The molecule has 0 radical (unpaired) electrons. The van der Waals surface area contributed by atoms with E-state index in [-0.39, 0.29) is 22.9 Å². The van der Waals surface area contributed by atoms with Crippen molar-refractivity contribution in [2.24, 2.45) is 0 Å². The zero-order chi connectivity index (χ0) is 21.8. The maximum Gasteiger partial charge on any atom is 0.345 e. The summed E-state index contributed by atoms with van der Waals surface area (Å²) in [4.78, 5) is 24.2. The predicted octanol–water partition coefficient (Wildman–Crippen LogP) is 4.14. The van der Waals surface area contributed by atoms with Gasteiger partial charge in [0.2, 0.25) is 5.16 Å². The lowest BCUT2D eigenvalue weighted by Gasteiger charge is -2.06. The van der Waals surface area contributed by atoms with Crippen LogP contribution in [0.1, 0.15) is 18.3 Å². The molecule has 2 aromatic carbocycles. The molecular weight excluding hydrogens is 414 g/mol. The van der Waals surface area contributed by atoms with Gasteiger partial charge >= 0.3 is 5.97 Å². The SMILES string of the molecule is CCc1ccc(-c2nc(SC/C(O)=C(\C(=O)OC)c3nc4ccccc4[nH]3)n[nH]2)cc1. The Balaban J connectivity index is 1.55. The zero-order valence-electron chi connectivity index (χ0n) is 17.0. The van der Waals surface area contributed by atoms with Crippen molar-refractivity contribution in [3.8, 4) is 11.4 Å². The molecule has 0 unspecified atom stereocenters. The number of nitrogens with one attached hydrogen (secondary N) is 2. The Hall–Kier alpha value is -3.59. The van der Waals surface area contributed by atoms with Crippen molar-refractivity contribution < 1.29 is 14.6 Å². The zero-order valence-corrected chi connectivity index (χ0v) is 17.9. The molecule has 0 spiro atoms. The highest BCUT2D eigenvalue weighted by Crippen LogP contribution is 2.25. The van der Waals surface area contributed by atoms with Crippen molar-refractivity contribution in [1.82, 2.24) is 25.1 Å². The Labute approximate surface area is 182 Å². The van der Waals surface area contributed by atoms with E-state index in [1.807, 2.05) is 36.4 Å². The van der Waals surface area contributed by atoms with Crippen LogP contribution in [0.15, 0.2) is 59.4 Å². The fraction of sp³-hybridized carbons (Fsp3) is 0.182. The molecule has 4 rings (SSSR count). The van der Waals surface area contributed by atoms with Crippen molar-refractivity contribution in [3.63, 3.8) is 0 Å². The molecular formula is C22H21N5O3S. The molecule has 0 aliphatic rings.